The third kappa shape index (κ3) is 2.76. The first-order chi connectivity index (χ1) is 10.6. The van der Waals surface area contributed by atoms with E-state index in [0.29, 0.717) is 17.4 Å². The summed E-state index contributed by atoms with van der Waals surface area (Å²) in [6.45, 7) is 0. The first-order valence-corrected chi connectivity index (χ1v) is 8.11. The maximum atomic E-state index is 11.9. The molecule has 0 fully saturated rings. The zero-order valence-corrected chi connectivity index (χ0v) is 13.8. The Morgan fingerprint density at radius 1 is 1.27 bits per heavy atom. The van der Waals surface area contributed by atoms with Crippen molar-refractivity contribution in [3.63, 3.8) is 0 Å². The molecule has 22 heavy (non-hydrogen) atoms. The third-order valence-electron chi connectivity index (χ3n) is 3.49. The first-order valence-electron chi connectivity index (χ1n) is 6.85. The molecule has 2 heterocycles. The molecule has 1 aromatic heterocycles. The van der Waals surface area contributed by atoms with Crippen molar-refractivity contribution in [3.05, 3.63) is 34.9 Å². The molecule has 1 atom stereocenters. The quantitative estimate of drug-likeness (QED) is 0.845. The predicted octanol–water partition coefficient (Wildman–Crippen LogP) is 2.60. The molecule has 1 amide bonds. The first kappa shape index (κ1) is 15.1. The Morgan fingerprint density at radius 3 is 2.64 bits per heavy atom. The molecule has 0 spiro atoms. The molecule has 2 aromatic rings. The van der Waals surface area contributed by atoms with Crippen molar-refractivity contribution in [1.29, 1.82) is 0 Å². The van der Waals surface area contributed by atoms with Crippen molar-refractivity contribution < 1.29 is 4.79 Å². The zero-order valence-electron chi connectivity index (χ0n) is 12.2. The normalized spacial score (nSPS) is 16.2. The summed E-state index contributed by atoms with van der Waals surface area (Å²) in [5.41, 5.74) is 2.84. The van der Waals surface area contributed by atoms with Crippen LogP contribution >= 0.6 is 23.4 Å². The summed E-state index contributed by atoms with van der Waals surface area (Å²) in [4.78, 5) is 21.0. The number of rotatable bonds is 3. The van der Waals surface area contributed by atoms with Crippen molar-refractivity contribution in [2.45, 2.75) is 16.7 Å². The maximum absolute atomic E-state index is 11.9. The van der Waals surface area contributed by atoms with Crippen molar-refractivity contribution in [1.82, 2.24) is 15.3 Å². The number of amides is 1. The van der Waals surface area contributed by atoms with Crippen LogP contribution in [0.4, 0.5) is 5.95 Å². The van der Waals surface area contributed by atoms with E-state index in [4.69, 9.17) is 11.6 Å². The summed E-state index contributed by atoms with van der Waals surface area (Å²) >= 11 is 7.44. The van der Waals surface area contributed by atoms with Gasteiger partial charge in [0, 0.05) is 30.2 Å². The van der Waals surface area contributed by atoms with Gasteiger partial charge in [-0.05, 0) is 18.6 Å². The molecule has 0 radical (unpaired) electrons. The zero-order chi connectivity index (χ0) is 15.7. The van der Waals surface area contributed by atoms with E-state index < -0.39 is 0 Å². The molecular formula is C15H15ClN4OS. The van der Waals surface area contributed by atoms with E-state index in [-0.39, 0.29) is 11.2 Å². The summed E-state index contributed by atoms with van der Waals surface area (Å²) in [6, 6.07) is 7.54. The fourth-order valence-corrected chi connectivity index (χ4v) is 3.70. The lowest BCUT2D eigenvalue weighted by atomic mass is 10.0. The van der Waals surface area contributed by atoms with Crippen LogP contribution < -0.4 is 10.6 Å². The number of hydrogen-bond acceptors (Lipinski definition) is 5. The average Bonchev–Trinajstić information content (AvgIpc) is 2.98. The van der Waals surface area contributed by atoms with E-state index in [0.717, 1.165) is 21.8 Å². The van der Waals surface area contributed by atoms with Crippen LogP contribution in [0.2, 0.25) is 5.02 Å². The van der Waals surface area contributed by atoms with E-state index in [1.807, 2.05) is 24.3 Å². The molecule has 2 N–H and O–H groups in total. The van der Waals surface area contributed by atoms with Crippen LogP contribution in [-0.4, -0.2) is 35.2 Å². The van der Waals surface area contributed by atoms with Gasteiger partial charge in [-0.2, -0.15) is 0 Å². The fourth-order valence-electron chi connectivity index (χ4n) is 2.37. The Morgan fingerprint density at radius 2 is 2.00 bits per heavy atom. The van der Waals surface area contributed by atoms with E-state index in [2.05, 4.69) is 20.6 Å². The third-order valence-corrected chi connectivity index (χ3v) is 4.97. The van der Waals surface area contributed by atoms with Crippen LogP contribution in [0.25, 0.3) is 11.3 Å². The number of carbonyl (C=O) groups is 1. The second-order valence-corrected chi connectivity index (χ2v) is 6.49. The second kappa shape index (κ2) is 6.14. The van der Waals surface area contributed by atoms with Crippen LogP contribution in [0.5, 0.6) is 0 Å². The Hall–Kier alpha value is -1.79. The van der Waals surface area contributed by atoms with Crippen LogP contribution in [0.1, 0.15) is 5.56 Å². The Kier molecular flexibility index (Phi) is 4.22. The molecule has 0 bridgehead atoms. The molecule has 5 nitrogen and oxygen atoms in total. The van der Waals surface area contributed by atoms with Gasteiger partial charge in [0.15, 0.2) is 0 Å². The van der Waals surface area contributed by atoms with Gasteiger partial charge in [0.1, 0.15) is 5.03 Å². The lowest BCUT2D eigenvalue weighted by molar-refractivity contribution is -0.120. The summed E-state index contributed by atoms with van der Waals surface area (Å²) in [5, 5.41) is 7.05. The molecule has 0 saturated carbocycles. The second-order valence-electron chi connectivity index (χ2n) is 4.86. The van der Waals surface area contributed by atoms with Crippen LogP contribution in [0, 0.1) is 0 Å². The van der Waals surface area contributed by atoms with Gasteiger partial charge in [0.05, 0.1) is 10.9 Å². The number of fused-ring (bicyclic) bond motifs is 1. The van der Waals surface area contributed by atoms with Gasteiger partial charge in [0.25, 0.3) is 0 Å². The highest BCUT2D eigenvalue weighted by Gasteiger charge is 2.32. The minimum absolute atomic E-state index is 0.0102. The Labute approximate surface area is 137 Å². The molecule has 7 heteroatoms. The highest BCUT2D eigenvalue weighted by molar-refractivity contribution is 8.00. The number of aromatic nitrogens is 2. The van der Waals surface area contributed by atoms with Crippen LogP contribution in [-0.2, 0) is 11.2 Å². The minimum atomic E-state index is -0.160. The Balaban J connectivity index is 2.06. The van der Waals surface area contributed by atoms with E-state index in [1.165, 1.54) is 11.8 Å². The molecule has 1 aromatic carbocycles. The molecule has 0 saturated heterocycles. The number of hydrogen-bond donors (Lipinski definition) is 2. The molecule has 1 aliphatic heterocycles. The summed E-state index contributed by atoms with van der Waals surface area (Å²) in [7, 11) is 3.43. The topological polar surface area (TPSA) is 66.9 Å². The number of nitrogens with zero attached hydrogens (tertiary/aromatic N) is 2. The summed E-state index contributed by atoms with van der Waals surface area (Å²) in [6.07, 6.45) is 0.627. The molecule has 3 rings (SSSR count). The number of anilines is 1. The van der Waals surface area contributed by atoms with Crippen LogP contribution in [0.3, 0.4) is 0 Å². The number of thioether (sulfide) groups is 1. The highest BCUT2D eigenvalue weighted by atomic mass is 35.5. The number of nitrogens with one attached hydrogen (secondary N) is 2. The molecule has 1 unspecified atom stereocenters. The molecule has 0 aliphatic carbocycles. The molecule has 1 aliphatic rings. The standard InChI is InChI=1S/C15H15ClN4OS/c1-17-13(21)11-7-10-12(8-3-5-9(16)6-4-8)19-15(18-2)20-14(10)22-11/h3-6,11H,7H2,1-2H3,(H,17,21)(H,18,19,20). The lowest BCUT2D eigenvalue weighted by Gasteiger charge is -2.09. The monoisotopic (exact) mass is 334 g/mol. The maximum Gasteiger partial charge on any atom is 0.233 e. The van der Waals surface area contributed by atoms with E-state index in [1.54, 1.807) is 14.1 Å². The fraction of sp³-hybridized carbons (Fsp3) is 0.267. The summed E-state index contributed by atoms with van der Waals surface area (Å²) in [5.74, 6) is 0.560. The lowest BCUT2D eigenvalue weighted by Crippen LogP contribution is -2.29. The Bertz CT molecular complexity index is 720. The SMILES string of the molecule is CNC(=O)C1Cc2c(nc(NC)nc2-c2ccc(Cl)cc2)S1. The summed E-state index contributed by atoms with van der Waals surface area (Å²) < 4.78 is 0. The van der Waals surface area contributed by atoms with Gasteiger partial charge >= 0.3 is 0 Å². The van der Waals surface area contributed by atoms with E-state index in [9.17, 15) is 4.79 Å². The van der Waals surface area contributed by atoms with Crippen molar-refractivity contribution >= 4 is 35.2 Å². The van der Waals surface area contributed by atoms with Gasteiger partial charge in [-0.25, -0.2) is 9.97 Å². The van der Waals surface area contributed by atoms with Gasteiger partial charge in [-0.3, -0.25) is 4.79 Å². The number of halogens is 1. The number of benzene rings is 1. The molecule has 114 valence electrons. The van der Waals surface area contributed by atoms with Crippen molar-refractivity contribution in [2.75, 3.05) is 19.4 Å². The van der Waals surface area contributed by atoms with Crippen molar-refractivity contribution in [2.24, 2.45) is 0 Å². The van der Waals surface area contributed by atoms with Gasteiger partial charge in [0.2, 0.25) is 11.9 Å². The van der Waals surface area contributed by atoms with Gasteiger partial charge < -0.3 is 10.6 Å². The molecular weight excluding hydrogens is 320 g/mol. The predicted molar refractivity (Wildman–Crippen MR) is 89.4 cm³/mol. The minimum Gasteiger partial charge on any atom is -0.358 e. The van der Waals surface area contributed by atoms with Gasteiger partial charge in [-0.1, -0.05) is 35.5 Å². The number of carbonyl (C=O) groups excluding carboxylic acids is 1. The highest BCUT2D eigenvalue weighted by Crippen LogP contribution is 2.40. The largest absolute Gasteiger partial charge is 0.358 e. The van der Waals surface area contributed by atoms with Crippen molar-refractivity contribution in [3.8, 4) is 11.3 Å². The smallest absolute Gasteiger partial charge is 0.233 e. The van der Waals surface area contributed by atoms with Crippen LogP contribution in [0.15, 0.2) is 29.3 Å². The van der Waals surface area contributed by atoms with E-state index >= 15 is 0 Å². The van der Waals surface area contributed by atoms with Gasteiger partial charge in [-0.15, -0.1) is 0 Å². The average molecular weight is 335 g/mol.